The van der Waals surface area contributed by atoms with Gasteiger partial charge in [-0.05, 0) is 0 Å². The van der Waals surface area contributed by atoms with E-state index in [2.05, 4.69) is 0 Å². The second-order valence-corrected chi connectivity index (χ2v) is 4.97. The van der Waals surface area contributed by atoms with Crippen LogP contribution in [-0.2, 0) is 28.4 Å². The van der Waals surface area contributed by atoms with E-state index in [1.54, 1.807) is 7.11 Å². The molecule has 18 heavy (non-hydrogen) atoms. The molecule has 0 aliphatic carbocycles. The maximum atomic E-state index is 9.05. The van der Waals surface area contributed by atoms with Crippen LogP contribution in [0.3, 0.4) is 0 Å². The van der Waals surface area contributed by atoms with E-state index in [0.29, 0.717) is 6.61 Å². The van der Waals surface area contributed by atoms with E-state index < -0.39 is 6.29 Å². The Hall–Kier alpha value is -0.280. The summed E-state index contributed by atoms with van der Waals surface area (Å²) in [7, 11) is 1.60. The van der Waals surface area contributed by atoms with Gasteiger partial charge in [-0.3, -0.25) is 0 Å². The Morgan fingerprint density at radius 1 is 0.889 bits per heavy atom. The zero-order valence-corrected chi connectivity index (χ0v) is 9.93. The van der Waals surface area contributed by atoms with Crippen molar-refractivity contribution in [2.24, 2.45) is 0 Å². The van der Waals surface area contributed by atoms with Crippen molar-refractivity contribution < 1.29 is 33.5 Å². The maximum Gasteiger partial charge on any atom is 0.187 e. The number of hydrogen-bond acceptors (Lipinski definition) is 7. The molecule has 0 amide bonds. The van der Waals surface area contributed by atoms with Gasteiger partial charge in [-0.25, -0.2) is 0 Å². The van der Waals surface area contributed by atoms with Gasteiger partial charge < -0.3 is 33.5 Å². The number of hydrogen-bond donors (Lipinski definition) is 1. The molecular weight excluding hydrogens is 244 g/mol. The second-order valence-electron chi connectivity index (χ2n) is 4.97. The summed E-state index contributed by atoms with van der Waals surface area (Å²) in [5.74, 6) is 0. The van der Waals surface area contributed by atoms with Crippen molar-refractivity contribution in [1.29, 1.82) is 0 Å². The highest BCUT2D eigenvalue weighted by Gasteiger charge is 2.61. The number of aliphatic hydroxyl groups is 1. The Balaban J connectivity index is 1.28. The Kier molecular flexibility index (Phi) is 2.63. The average molecular weight is 260 g/mol. The van der Waals surface area contributed by atoms with Crippen LogP contribution in [0.25, 0.3) is 0 Å². The van der Waals surface area contributed by atoms with E-state index >= 15 is 0 Å². The number of epoxide rings is 2. The number of aliphatic hydroxyl groups excluding tert-OH is 1. The third-order valence-electron chi connectivity index (χ3n) is 3.85. The van der Waals surface area contributed by atoms with E-state index in [-0.39, 0.29) is 49.5 Å². The lowest BCUT2D eigenvalue weighted by Gasteiger charge is -2.20. The van der Waals surface area contributed by atoms with E-state index in [1.165, 1.54) is 0 Å². The van der Waals surface area contributed by atoms with Crippen LogP contribution in [-0.4, -0.2) is 74.6 Å². The third-order valence-corrected chi connectivity index (χ3v) is 3.85. The van der Waals surface area contributed by atoms with E-state index in [1.807, 2.05) is 0 Å². The van der Waals surface area contributed by atoms with Crippen molar-refractivity contribution in [3.8, 4) is 0 Å². The molecule has 0 unspecified atom stereocenters. The molecule has 0 saturated carbocycles. The van der Waals surface area contributed by atoms with Crippen molar-refractivity contribution in [2.45, 2.75) is 49.2 Å². The zero-order chi connectivity index (χ0) is 12.3. The van der Waals surface area contributed by atoms with Gasteiger partial charge in [0.15, 0.2) is 12.6 Å². The lowest BCUT2D eigenvalue weighted by Crippen LogP contribution is -2.31. The highest BCUT2D eigenvalue weighted by atomic mass is 16.8. The van der Waals surface area contributed by atoms with Crippen LogP contribution < -0.4 is 0 Å². The highest BCUT2D eigenvalue weighted by Crippen LogP contribution is 2.42. The molecule has 8 atom stereocenters. The van der Waals surface area contributed by atoms with Crippen molar-refractivity contribution in [2.75, 3.05) is 20.3 Å². The fraction of sp³-hybridized carbons (Fsp3) is 1.00. The smallest absolute Gasteiger partial charge is 0.187 e. The summed E-state index contributed by atoms with van der Waals surface area (Å²) >= 11 is 0. The zero-order valence-electron chi connectivity index (χ0n) is 9.93. The predicted octanol–water partition coefficient (Wildman–Crippen LogP) is -1.37. The van der Waals surface area contributed by atoms with E-state index in [0.717, 1.165) is 0 Å². The molecule has 4 aliphatic heterocycles. The molecule has 102 valence electrons. The van der Waals surface area contributed by atoms with Gasteiger partial charge in [0, 0.05) is 7.11 Å². The third kappa shape index (κ3) is 1.70. The van der Waals surface area contributed by atoms with Crippen LogP contribution in [0.4, 0.5) is 0 Å². The van der Waals surface area contributed by atoms with E-state index in [4.69, 9.17) is 33.5 Å². The molecule has 1 N–H and O–H groups in total. The molecule has 4 rings (SSSR count). The molecule has 0 aromatic heterocycles. The van der Waals surface area contributed by atoms with Gasteiger partial charge >= 0.3 is 0 Å². The molecule has 0 spiro atoms. The summed E-state index contributed by atoms with van der Waals surface area (Å²) < 4.78 is 32.7. The van der Waals surface area contributed by atoms with Gasteiger partial charge in [-0.1, -0.05) is 0 Å². The van der Waals surface area contributed by atoms with Crippen molar-refractivity contribution in [1.82, 2.24) is 0 Å². The molecule has 4 heterocycles. The van der Waals surface area contributed by atoms with Gasteiger partial charge in [0.2, 0.25) is 0 Å². The maximum absolute atomic E-state index is 9.05. The summed E-state index contributed by atoms with van der Waals surface area (Å²) in [4.78, 5) is 0. The summed E-state index contributed by atoms with van der Waals surface area (Å²) in [5, 5.41) is 9.05. The van der Waals surface area contributed by atoms with Gasteiger partial charge in [-0.2, -0.15) is 0 Å². The number of methoxy groups -OCH3 is 1. The molecule has 4 saturated heterocycles. The Morgan fingerprint density at radius 2 is 1.56 bits per heavy atom. The quantitative estimate of drug-likeness (QED) is 0.610. The first-order valence-electron chi connectivity index (χ1n) is 6.19. The van der Waals surface area contributed by atoms with Crippen LogP contribution >= 0.6 is 0 Å². The predicted molar refractivity (Wildman–Crippen MR) is 54.7 cm³/mol. The summed E-state index contributed by atoms with van der Waals surface area (Å²) in [6.45, 7) is 0.344. The SMILES string of the molecule is CO[C@H]1O[C@H](CO[C@H]2O[C@H](CO)[C@@H]3O[C@H]23)[C@@H]2O[C@H]12. The molecule has 0 aromatic rings. The molecule has 0 radical (unpaired) electrons. The number of fused-ring (bicyclic) bond motifs is 2. The minimum absolute atomic E-state index is 0.0128. The van der Waals surface area contributed by atoms with Gasteiger partial charge in [0.25, 0.3) is 0 Å². The Labute approximate surface area is 104 Å². The van der Waals surface area contributed by atoms with Gasteiger partial charge in [-0.15, -0.1) is 0 Å². The molecule has 4 aliphatic rings. The standard InChI is InChI=1S/C11H16O7/c1-13-10-8-7(18-8)5(16-10)3-14-11-9-6(17-9)4(2-12)15-11/h4-12H,2-3H2,1H3/t4-,5-,6+,7+,8+,9+,10+,11+/m1/s1. The van der Waals surface area contributed by atoms with Crippen molar-refractivity contribution in [3.63, 3.8) is 0 Å². The fourth-order valence-corrected chi connectivity index (χ4v) is 2.76. The number of rotatable bonds is 5. The Morgan fingerprint density at radius 3 is 2.17 bits per heavy atom. The molecule has 0 aromatic carbocycles. The molecule has 7 heteroatoms. The highest BCUT2D eigenvalue weighted by molar-refractivity contribution is 5.02. The molecule has 7 nitrogen and oxygen atoms in total. The van der Waals surface area contributed by atoms with E-state index in [9.17, 15) is 0 Å². The summed E-state index contributed by atoms with van der Waals surface area (Å²) in [6.07, 6.45) is -1.02. The summed E-state index contributed by atoms with van der Waals surface area (Å²) in [6, 6.07) is 0. The number of ether oxygens (including phenoxy) is 6. The normalized spacial score (nSPS) is 56.3. The first-order chi connectivity index (χ1) is 8.81. The second kappa shape index (κ2) is 4.11. The van der Waals surface area contributed by atoms with Crippen molar-refractivity contribution >= 4 is 0 Å². The fourth-order valence-electron chi connectivity index (χ4n) is 2.76. The summed E-state index contributed by atoms with van der Waals surface area (Å²) in [5.41, 5.74) is 0. The van der Waals surface area contributed by atoms with Crippen molar-refractivity contribution in [3.05, 3.63) is 0 Å². The first-order valence-corrected chi connectivity index (χ1v) is 6.19. The minimum Gasteiger partial charge on any atom is -0.394 e. The van der Waals surface area contributed by atoms with Crippen LogP contribution in [0.1, 0.15) is 0 Å². The minimum atomic E-state index is -0.408. The van der Waals surface area contributed by atoms with Crippen LogP contribution in [0.5, 0.6) is 0 Å². The van der Waals surface area contributed by atoms with Crippen LogP contribution in [0.2, 0.25) is 0 Å². The lowest BCUT2D eigenvalue weighted by molar-refractivity contribution is -0.215. The molecular formula is C11H16O7. The van der Waals surface area contributed by atoms with Gasteiger partial charge in [0.05, 0.1) is 13.2 Å². The Bertz CT molecular complexity index is 305. The largest absolute Gasteiger partial charge is 0.394 e. The van der Waals surface area contributed by atoms with Crippen LogP contribution in [0.15, 0.2) is 0 Å². The molecule has 4 fully saturated rings. The topological polar surface area (TPSA) is 82.2 Å². The monoisotopic (exact) mass is 260 g/mol. The van der Waals surface area contributed by atoms with Crippen LogP contribution in [0, 0.1) is 0 Å². The first kappa shape index (κ1) is 11.5. The molecule has 0 bridgehead atoms. The average Bonchev–Trinajstić information content (AvgIpc) is 3.29. The lowest BCUT2D eigenvalue weighted by atomic mass is 10.2. The van der Waals surface area contributed by atoms with Gasteiger partial charge in [0.1, 0.15) is 36.6 Å².